The Morgan fingerprint density at radius 2 is 1.74 bits per heavy atom. The van der Waals surface area contributed by atoms with E-state index in [2.05, 4.69) is 59.8 Å². The molecule has 0 fully saturated rings. The fraction of sp³-hybridized carbons (Fsp3) is 0. The van der Waals surface area contributed by atoms with Gasteiger partial charge in [-0.25, -0.2) is 4.39 Å². The molecule has 2 aromatic rings. The summed E-state index contributed by atoms with van der Waals surface area (Å²) in [4.78, 5) is 12.1. The van der Waals surface area contributed by atoms with E-state index in [1.807, 2.05) is 12.1 Å². The lowest BCUT2D eigenvalue weighted by Crippen LogP contribution is -2.14. The zero-order chi connectivity index (χ0) is 14.0. The second-order valence-electron chi connectivity index (χ2n) is 3.70. The first kappa shape index (κ1) is 14.9. The van der Waals surface area contributed by atoms with Gasteiger partial charge in [0.05, 0.1) is 11.3 Å². The van der Waals surface area contributed by atoms with Gasteiger partial charge in [0, 0.05) is 12.5 Å². The predicted molar refractivity (Wildman–Crippen MR) is 88.9 cm³/mol. The first-order valence-corrected chi connectivity index (χ1v) is 7.85. The minimum atomic E-state index is -0.471. The van der Waals surface area contributed by atoms with Gasteiger partial charge in [0.15, 0.2) is 0 Å². The van der Waals surface area contributed by atoms with Crippen LogP contribution in [0.4, 0.5) is 10.1 Å². The van der Waals surface area contributed by atoms with Crippen molar-refractivity contribution in [1.29, 1.82) is 0 Å². The summed E-state index contributed by atoms with van der Waals surface area (Å²) in [6.45, 7) is 0. The molecule has 0 saturated heterocycles. The molecule has 2 rings (SSSR count). The fourth-order valence-corrected chi connectivity index (χ4v) is 2.76. The van der Waals surface area contributed by atoms with Crippen molar-refractivity contribution in [3.8, 4) is 0 Å². The number of rotatable bonds is 2. The molecule has 6 heteroatoms. The van der Waals surface area contributed by atoms with E-state index in [-0.39, 0.29) is 11.6 Å². The average Bonchev–Trinajstić information content (AvgIpc) is 2.36. The molecule has 0 aliphatic carbocycles. The molecule has 98 valence electrons. The Labute approximate surface area is 140 Å². The largest absolute Gasteiger partial charge is 0.319 e. The van der Waals surface area contributed by atoms with Gasteiger partial charge in [-0.15, -0.1) is 0 Å². The lowest BCUT2D eigenvalue weighted by Gasteiger charge is -2.08. The highest BCUT2D eigenvalue weighted by molar-refractivity contribution is 14.1. The van der Waals surface area contributed by atoms with Gasteiger partial charge in [-0.1, -0.05) is 31.9 Å². The van der Waals surface area contributed by atoms with E-state index in [9.17, 15) is 9.18 Å². The topological polar surface area (TPSA) is 29.1 Å². The highest BCUT2D eigenvalue weighted by Crippen LogP contribution is 2.23. The second kappa shape index (κ2) is 6.32. The summed E-state index contributed by atoms with van der Waals surface area (Å²) in [5.41, 5.74) is 0.643. The molecule has 0 atom stereocenters. The van der Waals surface area contributed by atoms with Crippen LogP contribution < -0.4 is 5.32 Å². The number of hydrogen-bond acceptors (Lipinski definition) is 1. The number of halogens is 4. The minimum Gasteiger partial charge on any atom is -0.319 e. The molecular formula is C13H7Br2FINO. The second-order valence-corrected chi connectivity index (χ2v) is 6.70. The molecule has 0 aliphatic heterocycles. The molecular weight excluding hydrogens is 492 g/mol. The fourth-order valence-electron chi connectivity index (χ4n) is 1.45. The van der Waals surface area contributed by atoms with Gasteiger partial charge in [-0.05, 0) is 59.0 Å². The standard InChI is InChI=1S/C13H7Br2FINO/c14-7-2-4-11(17)9(5-7)13(19)18-12-6-8(15)1-3-10(12)16/h1-6H,(H,18,19). The van der Waals surface area contributed by atoms with Crippen LogP contribution in [0.1, 0.15) is 10.4 Å². The number of nitrogens with one attached hydrogen (secondary N) is 1. The van der Waals surface area contributed by atoms with Crippen molar-refractivity contribution in [3.05, 3.63) is 60.3 Å². The van der Waals surface area contributed by atoms with Crippen LogP contribution in [0.3, 0.4) is 0 Å². The molecule has 1 N–H and O–H groups in total. The smallest absolute Gasteiger partial charge is 0.256 e. The number of carbonyl (C=O) groups is 1. The van der Waals surface area contributed by atoms with Crippen molar-refractivity contribution in [3.63, 3.8) is 0 Å². The number of carbonyl (C=O) groups excluding carboxylic acids is 1. The molecule has 0 saturated carbocycles. The first-order chi connectivity index (χ1) is 8.97. The van der Waals surface area contributed by atoms with Crippen LogP contribution in [0.2, 0.25) is 0 Å². The summed E-state index contributed by atoms with van der Waals surface area (Å²) < 4.78 is 15.9. The highest BCUT2D eigenvalue weighted by Gasteiger charge is 2.13. The van der Waals surface area contributed by atoms with Crippen molar-refractivity contribution in [2.45, 2.75) is 0 Å². The molecule has 0 bridgehead atoms. The van der Waals surface area contributed by atoms with Crippen LogP contribution in [-0.4, -0.2) is 5.91 Å². The Balaban J connectivity index is 2.30. The molecule has 0 heterocycles. The molecule has 0 unspecified atom stereocenters. The summed E-state index contributed by atoms with van der Waals surface area (Å²) in [5.74, 6) is -0.816. The normalized spacial score (nSPS) is 10.3. The van der Waals surface area contributed by atoms with Crippen molar-refractivity contribution < 1.29 is 9.18 Å². The lowest BCUT2D eigenvalue weighted by molar-refractivity contribution is 0.102. The SMILES string of the molecule is O=C(Nc1cc(Br)ccc1F)c1cc(Br)ccc1I. The Bertz CT molecular complexity index is 649. The van der Waals surface area contributed by atoms with Crippen LogP contribution in [0.5, 0.6) is 0 Å². The molecule has 2 nitrogen and oxygen atoms in total. The zero-order valence-corrected chi connectivity index (χ0v) is 14.7. The third-order valence-electron chi connectivity index (χ3n) is 2.35. The average molecular weight is 499 g/mol. The number of anilines is 1. The Morgan fingerprint density at radius 3 is 2.47 bits per heavy atom. The maximum absolute atomic E-state index is 13.6. The number of benzene rings is 2. The van der Waals surface area contributed by atoms with E-state index in [1.54, 1.807) is 12.1 Å². The molecule has 19 heavy (non-hydrogen) atoms. The highest BCUT2D eigenvalue weighted by atomic mass is 127. The summed E-state index contributed by atoms with van der Waals surface area (Å²) >= 11 is 8.62. The van der Waals surface area contributed by atoms with Crippen LogP contribution in [0.25, 0.3) is 0 Å². The number of amides is 1. The quantitative estimate of drug-likeness (QED) is 0.566. The van der Waals surface area contributed by atoms with Crippen LogP contribution in [0, 0.1) is 9.39 Å². The van der Waals surface area contributed by atoms with Crippen molar-refractivity contribution in [2.24, 2.45) is 0 Å². The van der Waals surface area contributed by atoms with Gasteiger partial charge in [0.2, 0.25) is 0 Å². The summed E-state index contributed by atoms with van der Waals surface area (Å²) in [6.07, 6.45) is 0. The van der Waals surface area contributed by atoms with Crippen LogP contribution in [-0.2, 0) is 0 Å². The van der Waals surface area contributed by atoms with Crippen molar-refractivity contribution in [2.75, 3.05) is 5.32 Å². The molecule has 0 radical (unpaired) electrons. The van der Waals surface area contributed by atoms with E-state index in [0.717, 1.165) is 8.04 Å². The van der Waals surface area contributed by atoms with Gasteiger partial charge in [-0.3, -0.25) is 4.79 Å². The minimum absolute atomic E-state index is 0.148. The van der Waals surface area contributed by atoms with E-state index < -0.39 is 5.82 Å². The molecule has 0 aliphatic rings. The van der Waals surface area contributed by atoms with Gasteiger partial charge < -0.3 is 5.32 Å². The van der Waals surface area contributed by atoms with E-state index in [0.29, 0.717) is 10.0 Å². The Morgan fingerprint density at radius 1 is 1.11 bits per heavy atom. The number of hydrogen-bond donors (Lipinski definition) is 1. The van der Waals surface area contributed by atoms with Crippen molar-refractivity contribution in [1.82, 2.24) is 0 Å². The monoisotopic (exact) mass is 497 g/mol. The lowest BCUT2D eigenvalue weighted by atomic mass is 10.2. The summed E-state index contributed by atoms with van der Waals surface area (Å²) in [6, 6.07) is 9.76. The third kappa shape index (κ3) is 3.76. The van der Waals surface area contributed by atoms with Crippen LogP contribution >= 0.6 is 54.5 Å². The van der Waals surface area contributed by atoms with Gasteiger partial charge >= 0.3 is 0 Å². The van der Waals surface area contributed by atoms with Gasteiger partial charge in [0.25, 0.3) is 5.91 Å². The molecule has 0 aromatic heterocycles. The van der Waals surface area contributed by atoms with Gasteiger partial charge in [0.1, 0.15) is 5.82 Å². The van der Waals surface area contributed by atoms with E-state index in [4.69, 9.17) is 0 Å². The Kier molecular flexibility index (Phi) is 4.97. The third-order valence-corrected chi connectivity index (χ3v) is 4.28. The predicted octanol–water partition coefficient (Wildman–Crippen LogP) is 5.21. The maximum Gasteiger partial charge on any atom is 0.256 e. The van der Waals surface area contributed by atoms with E-state index in [1.165, 1.54) is 12.1 Å². The molecule has 1 amide bonds. The van der Waals surface area contributed by atoms with Crippen LogP contribution in [0.15, 0.2) is 45.3 Å². The molecule has 2 aromatic carbocycles. The zero-order valence-electron chi connectivity index (χ0n) is 9.38. The Hall–Kier alpha value is -0.470. The van der Waals surface area contributed by atoms with Crippen molar-refractivity contribution >= 4 is 66.0 Å². The maximum atomic E-state index is 13.6. The first-order valence-electron chi connectivity index (χ1n) is 5.19. The summed E-state index contributed by atoms with van der Waals surface area (Å²) in [5, 5.41) is 2.57. The summed E-state index contributed by atoms with van der Waals surface area (Å²) in [7, 11) is 0. The van der Waals surface area contributed by atoms with E-state index >= 15 is 0 Å². The van der Waals surface area contributed by atoms with Gasteiger partial charge in [-0.2, -0.15) is 0 Å². The molecule has 0 spiro atoms.